The normalized spacial score (nSPS) is 11.3. The summed E-state index contributed by atoms with van der Waals surface area (Å²) in [5.74, 6) is 1.22. The highest BCUT2D eigenvalue weighted by molar-refractivity contribution is 14.1. The van der Waals surface area contributed by atoms with Gasteiger partial charge >= 0.3 is 0 Å². The molecule has 5 nitrogen and oxygen atoms in total. The standard InChI is InChI=1S/C19H19ClIN5/c1-19(2,3)26-18-24-16(12-6-8-22-9-7-12)11-17(25-18)23-15-5-4-13(21)10-14(15)20/h4-11H,1-3H3,(H2,23,24,25,26). The molecule has 0 fully saturated rings. The fraction of sp³-hybridized carbons (Fsp3) is 0.211. The summed E-state index contributed by atoms with van der Waals surface area (Å²) in [7, 11) is 0. The Labute approximate surface area is 171 Å². The van der Waals surface area contributed by atoms with Crippen LogP contribution in [0, 0.1) is 3.57 Å². The summed E-state index contributed by atoms with van der Waals surface area (Å²) in [4.78, 5) is 13.3. The van der Waals surface area contributed by atoms with Crippen molar-refractivity contribution in [1.29, 1.82) is 0 Å². The Morgan fingerprint density at radius 2 is 1.73 bits per heavy atom. The molecule has 0 unspecified atom stereocenters. The summed E-state index contributed by atoms with van der Waals surface area (Å²) in [6, 6.07) is 11.6. The van der Waals surface area contributed by atoms with E-state index in [9.17, 15) is 0 Å². The lowest BCUT2D eigenvalue weighted by Gasteiger charge is -2.21. The van der Waals surface area contributed by atoms with Gasteiger partial charge in [0.05, 0.1) is 16.4 Å². The van der Waals surface area contributed by atoms with E-state index in [-0.39, 0.29) is 5.54 Å². The maximum atomic E-state index is 6.35. The van der Waals surface area contributed by atoms with Gasteiger partial charge in [0.15, 0.2) is 0 Å². The molecule has 26 heavy (non-hydrogen) atoms. The highest BCUT2D eigenvalue weighted by atomic mass is 127. The minimum absolute atomic E-state index is 0.158. The Hall–Kier alpha value is -1.93. The molecule has 7 heteroatoms. The number of hydrogen-bond donors (Lipinski definition) is 2. The summed E-state index contributed by atoms with van der Waals surface area (Å²) in [6.07, 6.45) is 3.49. The first-order valence-corrected chi connectivity index (χ1v) is 9.55. The van der Waals surface area contributed by atoms with Crippen LogP contribution in [0.2, 0.25) is 5.02 Å². The van der Waals surface area contributed by atoms with Crippen LogP contribution in [0.15, 0.2) is 48.8 Å². The molecule has 0 radical (unpaired) electrons. The van der Waals surface area contributed by atoms with Gasteiger partial charge in [0.1, 0.15) is 5.82 Å². The van der Waals surface area contributed by atoms with Crippen molar-refractivity contribution in [2.24, 2.45) is 0 Å². The molecule has 0 amide bonds. The number of nitrogens with one attached hydrogen (secondary N) is 2. The number of rotatable bonds is 4. The van der Waals surface area contributed by atoms with Crippen molar-refractivity contribution >= 4 is 51.6 Å². The molecule has 3 aromatic rings. The topological polar surface area (TPSA) is 62.7 Å². The summed E-state index contributed by atoms with van der Waals surface area (Å²) in [5.41, 5.74) is 2.41. The van der Waals surface area contributed by atoms with E-state index in [1.807, 2.05) is 36.4 Å². The van der Waals surface area contributed by atoms with Crippen LogP contribution in [-0.4, -0.2) is 20.5 Å². The average molecular weight is 480 g/mol. The third-order valence-corrected chi connectivity index (χ3v) is 4.37. The Morgan fingerprint density at radius 3 is 2.38 bits per heavy atom. The van der Waals surface area contributed by atoms with E-state index in [1.54, 1.807) is 12.4 Å². The number of benzene rings is 1. The van der Waals surface area contributed by atoms with Gasteiger partial charge in [0, 0.05) is 33.1 Å². The van der Waals surface area contributed by atoms with Crippen LogP contribution in [-0.2, 0) is 0 Å². The Morgan fingerprint density at radius 1 is 1.00 bits per heavy atom. The highest BCUT2D eigenvalue weighted by Gasteiger charge is 2.14. The number of nitrogens with zero attached hydrogens (tertiary/aromatic N) is 3. The minimum atomic E-state index is -0.158. The van der Waals surface area contributed by atoms with E-state index in [2.05, 4.69) is 68.9 Å². The van der Waals surface area contributed by atoms with Gasteiger partial charge in [-0.05, 0) is 73.7 Å². The van der Waals surface area contributed by atoms with Crippen LogP contribution in [0.4, 0.5) is 17.5 Å². The fourth-order valence-corrected chi connectivity index (χ4v) is 3.21. The van der Waals surface area contributed by atoms with Crippen molar-refractivity contribution in [3.63, 3.8) is 0 Å². The number of anilines is 3. The van der Waals surface area contributed by atoms with Crippen LogP contribution in [0.5, 0.6) is 0 Å². The first-order valence-electron chi connectivity index (χ1n) is 8.10. The molecular formula is C19H19ClIN5. The molecule has 3 rings (SSSR count). The second-order valence-electron chi connectivity index (χ2n) is 6.82. The van der Waals surface area contributed by atoms with Gasteiger partial charge in [0.2, 0.25) is 5.95 Å². The number of halogens is 2. The summed E-state index contributed by atoms with van der Waals surface area (Å²) >= 11 is 8.58. The molecule has 0 aliphatic heterocycles. The molecule has 0 saturated carbocycles. The zero-order valence-electron chi connectivity index (χ0n) is 14.7. The lowest BCUT2D eigenvalue weighted by molar-refractivity contribution is 0.626. The molecule has 1 aromatic carbocycles. The first kappa shape index (κ1) is 18.8. The number of hydrogen-bond acceptors (Lipinski definition) is 5. The van der Waals surface area contributed by atoms with Crippen molar-refractivity contribution in [3.05, 3.63) is 57.4 Å². The zero-order valence-corrected chi connectivity index (χ0v) is 17.6. The highest BCUT2D eigenvalue weighted by Crippen LogP contribution is 2.29. The van der Waals surface area contributed by atoms with Crippen molar-refractivity contribution in [1.82, 2.24) is 15.0 Å². The maximum absolute atomic E-state index is 6.35. The molecular weight excluding hydrogens is 461 g/mol. The fourth-order valence-electron chi connectivity index (χ4n) is 2.30. The smallest absolute Gasteiger partial charge is 0.225 e. The van der Waals surface area contributed by atoms with Crippen molar-refractivity contribution in [2.75, 3.05) is 10.6 Å². The zero-order chi connectivity index (χ0) is 18.7. The van der Waals surface area contributed by atoms with E-state index in [1.165, 1.54) is 0 Å². The molecule has 0 aliphatic carbocycles. The van der Waals surface area contributed by atoms with Crippen LogP contribution >= 0.6 is 34.2 Å². The Balaban J connectivity index is 2.01. The van der Waals surface area contributed by atoms with E-state index in [4.69, 9.17) is 11.6 Å². The predicted octanol–water partition coefficient (Wildman–Crippen LogP) is 5.75. The molecule has 0 spiro atoms. The molecule has 0 atom stereocenters. The van der Waals surface area contributed by atoms with Gasteiger partial charge in [0.25, 0.3) is 0 Å². The van der Waals surface area contributed by atoms with Gasteiger partial charge in [-0.3, -0.25) is 4.98 Å². The quantitative estimate of drug-likeness (QED) is 0.467. The van der Waals surface area contributed by atoms with Crippen molar-refractivity contribution in [2.45, 2.75) is 26.3 Å². The monoisotopic (exact) mass is 479 g/mol. The minimum Gasteiger partial charge on any atom is -0.350 e. The molecule has 0 saturated heterocycles. The lowest BCUT2D eigenvalue weighted by Crippen LogP contribution is -2.27. The van der Waals surface area contributed by atoms with Crippen LogP contribution in [0.3, 0.4) is 0 Å². The molecule has 0 bridgehead atoms. The van der Waals surface area contributed by atoms with E-state index in [0.29, 0.717) is 16.8 Å². The first-order chi connectivity index (χ1) is 12.3. The average Bonchev–Trinajstić information content (AvgIpc) is 2.56. The molecule has 134 valence electrons. The van der Waals surface area contributed by atoms with E-state index >= 15 is 0 Å². The molecule has 2 N–H and O–H groups in total. The largest absolute Gasteiger partial charge is 0.350 e. The van der Waals surface area contributed by atoms with Crippen LogP contribution in [0.1, 0.15) is 20.8 Å². The lowest BCUT2D eigenvalue weighted by atomic mass is 10.1. The van der Waals surface area contributed by atoms with Crippen LogP contribution < -0.4 is 10.6 Å². The second-order valence-corrected chi connectivity index (χ2v) is 8.47. The maximum Gasteiger partial charge on any atom is 0.225 e. The summed E-state index contributed by atoms with van der Waals surface area (Å²) < 4.78 is 1.08. The van der Waals surface area contributed by atoms with Gasteiger partial charge in [-0.1, -0.05) is 11.6 Å². The van der Waals surface area contributed by atoms with E-state index in [0.717, 1.165) is 20.5 Å². The number of pyridine rings is 1. The van der Waals surface area contributed by atoms with Crippen LogP contribution in [0.25, 0.3) is 11.3 Å². The third-order valence-electron chi connectivity index (χ3n) is 3.38. The van der Waals surface area contributed by atoms with Gasteiger partial charge < -0.3 is 10.6 Å². The SMILES string of the molecule is CC(C)(C)Nc1nc(Nc2ccc(I)cc2Cl)cc(-c2ccncc2)n1. The summed E-state index contributed by atoms with van der Waals surface area (Å²) in [6.45, 7) is 6.20. The summed E-state index contributed by atoms with van der Waals surface area (Å²) in [5, 5.41) is 7.27. The van der Waals surface area contributed by atoms with Gasteiger partial charge in [-0.25, -0.2) is 4.98 Å². The Kier molecular flexibility index (Phi) is 5.62. The van der Waals surface area contributed by atoms with E-state index < -0.39 is 0 Å². The van der Waals surface area contributed by atoms with Crippen molar-refractivity contribution < 1.29 is 0 Å². The molecule has 2 aromatic heterocycles. The number of aromatic nitrogens is 3. The molecule has 2 heterocycles. The third kappa shape index (κ3) is 5.04. The van der Waals surface area contributed by atoms with Crippen molar-refractivity contribution in [3.8, 4) is 11.3 Å². The Bertz CT molecular complexity index is 910. The van der Waals surface area contributed by atoms with Gasteiger partial charge in [-0.15, -0.1) is 0 Å². The van der Waals surface area contributed by atoms with Gasteiger partial charge in [-0.2, -0.15) is 4.98 Å². The second kappa shape index (κ2) is 7.75. The predicted molar refractivity (Wildman–Crippen MR) is 116 cm³/mol. The molecule has 0 aliphatic rings.